The van der Waals surface area contributed by atoms with E-state index < -0.39 is 10.8 Å². The quantitative estimate of drug-likeness (QED) is 0.487. The molecule has 3 rings (SSSR count). The topological polar surface area (TPSA) is 17.1 Å². The first-order valence-electron chi connectivity index (χ1n) is 3.31. The lowest BCUT2D eigenvalue weighted by Gasteiger charge is -1.95. The fourth-order valence-corrected chi connectivity index (χ4v) is 6.16. The summed E-state index contributed by atoms with van der Waals surface area (Å²) in [7, 11) is -0.432. The van der Waals surface area contributed by atoms with E-state index in [1.807, 2.05) is 11.8 Å². The Labute approximate surface area is 61.0 Å². The van der Waals surface area contributed by atoms with Crippen LogP contribution in [0.25, 0.3) is 0 Å². The van der Waals surface area contributed by atoms with E-state index in [1.54, 1.807) is 0 Å². The molecular formula is C6H8OS2. The molecule has 0 spiro atoms. The van der Waals surface area contributed by atoms with Gasteiger partial charge in [0.05, 0.1) is 10.00 Å². The molecule has 3 fully saturated rings. The second kappa shape index (κ2) is 1.14. The Morgan fingerprint density at radius 2 is 2.56 bits per heavy atom. The number of rotatable bonds is 0. The summed E-state index contributed by atoms with van der Waals surface area (Å²) in [6, 6.07) is 0. The largest absolute Gasteiger partial charge is 0.259 e. The third-order valence-corrected chi connectivity index (χ3v) is 6.98. The van der Waals surface area contributed by atoms with Gasteiger partial charge in [-0.15, -0.1) is 0 Å². The van der Waals surface area contributed by atoms with Gasteiger partial charge in [-0.3, -0.25) is 4.21 Å². The van der Waals surface area contributed by atoms with Gasteiger partial charge in [-0.2, -0.15) is 11.8 Å². The Morgan fingerprint density at radius 1 is 1.78 bits per heavy atom. The standard InChI is InChI=1S/C6H8OS2/c1-6-4(9(6)7)2-3-5(6)8-3/h3-5H,2H2,1H3. The number of fused-ring (bicyclic) bond motifs is 3. The highest BCUT2D eigenvalue weighted by molar-refractivity contribution is 8.10. The summed E-state index contributed by atoms with van der Waals surface area (Å²) in [4.78, 5) is 0. The predicted octanol–water partition coefficient (Wildman–Crippen LogP) is 0.764. The molecule has 0 radical (unpaired) electrons. The van der Waals surface area contributed by atoms with Gasteiger partial charge < -0.3 is 0 Å². The van der Waals surface area contributed by atoms with Gasteiger partial charge in [0.15, 0.2) is 0 Å². The van der Waals surface area contributed by atoms with E-state index in [2.05, 4.69) is 6.92 Å². The molecule has 3 heteroatoms. The van der Waals surface area contributed by atoms with Gasteiger partial charge in [-0.05, 0) is 13.3 Å². The first-order valence-corrected chi connectivity index (χ1v) is 5.46. The van der Waals surface area contributed by atoms with Crippen LogP contribution in [0, 0.1) is 0 Å². The maximum Gasteiger partial charge on any atom is 0.0707 e. The Bertz CT molecular complexity index is 215. The number of hydrogen-bond acceptors (Lipinski definition) is 2. The van der Waals surface area contributed by atoms with Crippen molar-refractivity contribution in [3.8, 4) is 0 Å². The third kappa shape index (κ3) is 0.386. The van der Waals surface area contributed by atoms with Gasteiger partial charge in [0.2, 0.25) is 0 Å². The molecule has 0 amide bonds. The highest BCUT2D eigenvalue weighted by atomic mass is 32.2. The molecule has 1 aliphatic carbocycles. The predicted molar refractivity (Wildman–Crippen MR) is 40.1 cm³/mol. The SMILES string of the molecule is CC12C3SC3CC1S2=O. The first-order chi connectivity index (χ1) is 4.24. The van der Waals surface area contributed by atoms with E-state index in [0.717, 1.165) is 10.5 Å². The van der Waals surface area contributed by atoms with Gasteiger partial charge >= 0.3 is 0 Å². The first kappa shape index (κ1) is 5.19. The molecule has 2 heterocycles. The van der Waals surface area contributed by atoms with Crippen molar-refractivity contribution < 1.29 is 4.21 Å². The van der Waals surface area contributed by atoms with Crippen LogP contribution >= 0.6 is 11.8 Å². The molecule has 0 aromatic heterocycles. The van der Waals surface area contributed by atoms with Gasteiger partial charge in [-0.25, -0.2) is 0 Å². The van der Waals surface area contributed by atoms with Crippen LogP contribution < -0.4 is 0 Å². The van der Waals surface area contributed by atoms with Gasteiger partial charge in [0, 0.05) is 21.3 Å². The normalized spacial score (nSPS) is 75.2. The van der Waals surface area contributed by atoms with Crippen LogP contribution in [0.4, 0.5) is 0 Å². The summed E-state index contributed by atoms with van der Waals surface area (Å²) >= 11 is 2.04. The highest BCUT2D eigenvalue weighted by Crippen LogP contribution is 2.69. The minimum Gasteiger partial charge on any atom is -0.259 e. The monoisotopic (exact) mass is 160 g/mol. The molecule has 9 heavy (non-hydrogen) atoms. The molecule has 2 aliphatic heterocycles. The van der Waals surface area contributed by atoms with Crippen molar-refractivity contribution in [2.45, 2.75) is 33.8 Å². The summed E-state index contributed by atoms with van der Waals surface area (Å²) in [5.74, 6) is 0. The van der Waals surface area contributed by atoms with Gasteiger partial charge in [0.25, 0.3) is 0 Å². The molecule has 0 aromatic carbocycles. The number of thioether (sulfide) groups is 1. The third-order valence-electron chi connectivity index (χ3n) is 2.87. The smallest absolute Gasteiger partial charge is 0.0707 e. The minimum absolute atomic E-state index is 0.287. The van der Waals surface area contributed by atoms with Crippen LogP contribution in [0.5, 0.6) is 0 Å². The van der Waals surface area contributed by atoms with Crippen molar-refractivity contribution in [1.29, 1.82) is 0 Å². The minimum atomic E-state index is -0.432. The second-order valence-corrected chi connectivity index (χ2v) is 6.73. The van der Waals surface area contributed by atoms with Crippen LogP contribution in [-0.4, -0.2) is 24.7 Å². The average molecular weight is 160 g/mol. The molecular weight excluding hydrogens is 152 g/mol. The van der Waals surface area contributed by atoms with Crippen LogP contribution in [0.15, 0.2) is 0 Å². The van der Waals surface area contributed by atoms with Crippen molar-refractivity contribution >= 4 is 22.6 Å². The fourth-order valence-electron chi connectivity index (χ4n) is 2.06. The maximum atomic E-state index is 11.2. The second-order valence-electron chi connectivity index (χ2n) is 3.30. The van der Waals surface area contributed by atoms with Crippen LogP contribution in [0.1, 0.15) is 13.3 Å². The van der Waals surface area contributed by atoms with E-state index in [1.165, 1.54) is 6.42 Å². The molecule has 2 saturated heterocycles. The Balaban J connectivity index is 2.09. The summed E-state index contributed by atoms with van der Waals surface area (Å²) in [6.07, 6.45) is 1.25. The van der Waals surface area contributed by atoms with E-state index >= 15 is 0 Å². The van der Waals surface area contributed by atoms with E-state index in [0.29, 0.717) is 5.25 Å². The molecule has 5 atom stereocenters. The molecule has 0 aromatic rings. The Morgan fingerprint density at radius 3 is 3.00 bits per heavy atom. The van der Waals surface area contributed by atoms with Crippen molar-refractivity contribution in [3.63, 3.8) is 0 Å². The molecule has 0 N–H and O–H groups in total. The molecule has 1 nitrogen and oxygen atoms in total. The average Bonchev–Trinajstić information content (AvgIpc) is 2.65. The highest BCUT2D eigenvalue weighted by Gasteiger charge is 2.77. The molecule has 0 bridgehead atoms. The van der Waals surface area contributed by atoms with E-state index in [4.69, 9.17) is 0 Å². The van der Waals surface area contributed by atoms with Crippen molar-refractivity contribution in [2.24, 2.45) is 0 Å². The summed E-state index contributed by atoms with van der Waals surface area (Å²) in [5, 5.41) is 2.31. The maximum absolute atomic E-state index is 11.2. The molecule has 1 saturated carbocycles. The molecule has 50 valence electrons. The van der Waals surface area contributed by atoms with Crippen LogP contribution in [-0.2, 0) is 10.8 Å². The van der Waals surface area contributed by atoms with E-state index in [-0.39, 0.29) is 4.75 Å². The van der Waals surface area contributed by atoms with Gasteiger partial charge in [0.1, 0.15) is 0 Å². The fraction of sp³-hybridized carbons (Fsp3) is 1.00. The van der Waals surface area contributed by atoms with Crippen LogP contribution in [0.3, 0.4) is 0 Å². The van der Waals surface area contributed by atoms with E-state index in [9.17, 15) is 4.21 Å². The lowest BCUT2D eigenvalue weighted by atomic mass is 10.1. The summed E-state index contributed by atoms with van der Waals surface area (Å²) < 4.78 is 11.4. The molecule has 5 unspecified atom stereocenters. The van der Waals surface area contributed by atoms with Crippen molar-refractivity contribution in [3.05, 3.63) is 0 Å². The van der Waals surface area contributed by atoms with Crippen LogP contribution in [0.2, 0.25) is 0 Å². The zero-order valence-electron chi connectivity index (χ0n) is 5.16. The Hall–Kier alpha value is 0.500. The lowest BCUT2D eigenvalue weighted by molar-refractivity contribution is 0.684. The summed E-state index contributed by atoms with van der Waals surface area (Å²) in [6.45, 7) is 2.19. The molecule has 3 aliphatic rings. The zero-order chi connectivity index (χ0) is 6.22. The zero-order valence-corrected chi connectivity index (χ0v) is 6.80. The number of hydrogen-bond donors (Lipinski definition) is 0. The van der Waals surface area contributed by atoms with Crippen molar-refractivity contribution in [2.75, 3.05) is 0 Å². The van der Waals surface area contributed by atoms with Gasteiger partial charge in [-0.1, -0.05) is 0 Å². The summed E-state index contributed by atoms with van der Waals surface area (Å²) in [5.41, 5.74) is 0. The lowest BCUT2D eigenvalue weighted by Crippen LogP contribution is -2.12. The van der Waals surface area contributed by atoms with Crippen molar-refractivity contribution in [1.82, 2.24) is 0 Å². The Kier molecular flexibility index (Phi) is 0.656.